The van der Waals surface area contributed by atoms with Crippen LogP contribution in [0.4, 0.5) is 0 Å². The van der Waals surface area contributed by atoms with Crippen molar-refractivity contribution in [1.29, 1.82) is 0 Å². The largest absolute Gasteiger partial charge is 0.394 e. The number of hydrogen-bond acceptors (Lipinski definition) is 3. The van der Waals surface area contributed by atoms with Crippen LogP contribution in [0.1, 0.15) is 17.3 Å². The molecule has 0 amide bonds. The van der Waals surface area contributed by atoms with E-state index < -0.39 is 0 Å². The van der Waals surface area contributed by atoms with Gasteiger partial charge in [-0.2, -0.15) is 0 Å². The quantitative estimate of drug-likeness (QED) is 0.866. The third-order valence-electron chi connectivity index (χ3n) is 2.88. The van der Waals surface area contributed by atoms with E-state index in [1.807, 2.05) is 28.8 Å². The third-order valence-corrected chi connectivity index (χ3v) is 3.13. The van der Waals surface area contributed by atoms with Crippen LogP contribution in [0.3, 0.4) is 0 Å². The van der Waals surface area contributed by atoms with Crippen molar-refractivity contribution in [3.05, 3.63) is 53.1 Å². The van der Waals surface area contributed by atoms with Gasteiger partial charge in [0.25, 0.3) is 0 Å². The first-order valence-corrected chi connectivity index (χ1v) is 6.19. The first-order valence-electron chi connectivity index (χ1n) is 5.81. The van der Waals surface area contributed by atoms with Gasteiger partial charge in [-0.15, -0.1) is 0 Å². The van der Waals surface area contributed by atoms with Crippen molar-refractivity contribution in [3.63, 3.8) is 0 Å². The van der Waals surface area contributed by atoms with E-state index in [9.17, 15) is 0 Å². The standard InChI is InChI=1S/C13H16ClN3O/c14-11-3-1-10(2-4-11)5-6-17-9-16-7-13(17)12(15)8-18/h1-4,7,9,12,18H,5-6,8,15H2. The van der Waals surface area contributed by atoms with Crippen LogP contribution in [0, 0.1) is 0 Å². The van der Waals surface area contributed by atoms with Gasteiger partial charge >= 0.3 is 0 Å². The minimum Gasteiger partial charge on any atom is -0.394 e. The number of rotatable bonds is 5. The van der Waals surface area contributed by atoms with Crippen molar-refractivity contribution in [3.8, 4) is 0 Å². The molecule has 0 saturated carbocycles. The summed E-state index contributed by atoms with van der Waals surface area (Å²) in [6.45, 7) is 0.706. The second-order valence-electron chi connectivity index (χ2n) is 4.18. The van der Waals surface area contributed by atoms with Crippen LogP contribution in [0.25, 0.3) is 0 Å². The van der Waals surface area contributed by atoms with E-state index in [4.69, 9.17) is 22.4 Å². The molecule has 2 aromatic rings. The van der Waals surface area contributed by atoms with Gasteiger partial charge in [0, 0.05) is 17.8 Å². The molecule has 0 aliphatic heterocycles. The maximum absolute atomic E-state index is 9.07. The molecule has 1 aromatic carbocycles. The molecule has 0 fully saturated rings. The molecule has 1 atom stereocenters. The number of imidazole rings is 1. The molecule has 0 aliphatic rings. The van der Waals surface area contributed by atoms with Crippen LogP contribution in [-0.4, -0.2) is 21.3 Å². The molecular weight excluding hydrogens is 250 g/mol. The Kier molecular flexibility index (Phi) is 4.36. The summed E-state index contributed by atoms with van der Waals surface area (Å²) < 4.78 is 1.97. The molecule has 0 saturated heterocycles. The number of aryl methyl sites for hydroxylation is 2. The van der Waals surface area contributed by atoms with E-state index >= 15 is 0 Å². The molecule has 5 heteroatoms. The molecule has 96 valence electrons. The van der Waals surface area contributed by atoms with Crippen molar-refractivity contribution in [2.45, 2.75) is 19.0 Å². The fourth-order valence-electron chi connectivity index (χ4n) is 1.82. The predicted molar refractivity (Wildman–Crippen MR) is 71.4 cm³/mol. The lowest BCUT2D eigenvalue weighted by Crippen LogP contribution is -2.19. The summed E-state index contributed by atoms with van der Waals surface area (Å²) in [4.78, 5) is 4.07. The SMILES string of the molecule is NC(CO)c1cncn1CCc1ccc(Cl)cc1. The van der Waals surface area contributed by atoms with Crippen LogP contribution in [0.15, 0.2) is 36.8 Å². The van der Waals surface area contributed by atoms with E-state index in [-0.39, 0.29) is 12.6 Å². The number of aliphatic hydroxyl groups is 1. The van der Waals surface area contributed by atoms with Crippen LogP contribution in [0.2, 0.25) is 5.02 Å². The Balaban J connectivity index is 2.02. The summed E-state index contributed by atoms with van der Waals surface area (Å²) in [5.41, 5.74) is 7.86. The molecule has 1 heterocycles. The Labute approximate surface area is 111 Å². The molecule has 1 aromatic heterocycles. The molecule has 4 nitrogen and oxygen atoms in total. The monoisotopic (exact) mass is 265 g/mol. The Bertz CT molecular complexity index is 495. The molecule has 0 spiro atoms. The van der Waals surface area contributed by atoms with Crippen LogP contribution in [0.5, 0.6) is 0 Å². The lowest BCUT2D eigenvalue weighted by molar-refractivity contribution is 0.263. The summed E-state index contributed by atoms with van der Waals surface area (Å²) in [7, 11) is 0. The zero-order valence-corrected chi connectivity index (χ0v) is 10.7. The summed E-state index contributed by atoms with van der Waals surface area (Å²) >= 11 is 5.84. The number of aliphatic hydroxyl groups excluding tert-OH is 1. The maximum atomic E-state index is 9.07. The van der Waals surface area contributed by atoms with Gasteiger partial charge in [-0.1, -0.05) is 23.7 Å². The van der Waals surface area contributed by atoms with Crippen LogP contribution in [-0.2, 0) is 13.0 Å². The van der Waals surface area contributed by atoms with Gasteiger partial charge in [-0.05, 0) is 24.1 Å². The number of benzene rings is 1. The van der Waals surface area contributed by atoms with Gasteiger partial charge in [-0.3, -0.25) is 0 Å². The van der Waals surface area contributed by atoms with Crippen molar-refractivity contribution >= 4 is 11.6 Å². The Morgan fingerprint density at radius 1 is 1.33 bits per heavy atom. The second-order valence-corrected chi connectivity index (χ2v) is 4.61. The summed E-state index contributed by atoms with van der Waals surface area (Å²) in [6.07, 6.45) is 4.31. The Hall–Kier alpha value is -1.36. The number of hydrogen-bond donors (Lipinski definition) is 2. The Morgan fingerprint density at radius 3 is 2.72 bits per heavy atom. The highest BCUT2D eigenvalue weighted by Gasteiger charge is 2.10. The highest BCUT2D eigenvalue weighted by atomic mass is 35.5. The molecule has 2 rings (SSSR count). The molecule has 3 N–H and O–H groups in total. The van der Waals surface area contributed by atoms with E-state index in [2.05, 4.69) is 4.98 Å². The fraction of sp³-hybridized carbons (Fsp3) is 0.308. The van der Waals surface area contributed by atoms with Gasteiger partial charge in [-0.25, -0.2) is 4.98 Å². The van der Waals surface area contributed by atoms with Crippen LogP contribution < -0.4 is 5.73 Å². The molecule has 0 aliphatic carbocycles. The van der Waals surface area contributed by atoms with Crippen molar-refractivity contribution in [2.24, 2.45) is 5.73 Å². The summed E-state index contributed by atoms with van der Waals surface area (Å²) in [6, 6.07) is 7.39. The topological polar surface area (TPSA) is 64.1 Å². The minimum absolute atomic E-state index is 0.0767. The van der Waals surface area contributed by atoms with E-state index in [0.29, 0.717) is 0 Å². The summed E-state index contributed by atoms with van der Waals surface area (Å²) in [5.74, 6) is 0. The molecular formula is C13H16ClN3O. The average molecular weight is 266 g/mol. The first kappa shape index (κ1) is 13.1. The van der Waals surface area contributed by atoms with Gasteiger partial charge in [0.05, 0.1) is 24.7 Å². The van der Waals surface area contributed by atoms with Crippen molar-refractivity contribution in [2.75, 3.05) is 6.61 Å². The molecule has 0 bridgehead atoms. The van der Waals surface area contributed by atoms with Gasteiger partial charge in [0.1, 0.15) is 0 Å². The van der Waals surface area contributed by atoms with E-state index in [1.54, 1.807) is 12.5 Å². The second kappa shape index (κ2) is 6.00. The maximum Gasteiger partial charge on any atom is 0.0948 e. The first-order chi connectivity index (χ1) is 8.70. The Morgan fingerprint density at radius 2 is 2.06 bits per heavy atom. The molecule has 0 radical (unpaired) electrons. The third kappa shape index (κ3) is 3.10. The van der Waals surface area contributed by atoms with Crippen molar-refractivity contribution < 1.29 is 5.11 Å². The highest BCUT2D eigenvalue weighted by molar-refractivity contribution is 6.30. The van der Waals surface area contributed by atoms with E-state index in [1.165, 1.54) is 5.56 Å². The lowest BCUT2D eigenvalue weighted by atomic mass is 10.1. The zero-order valence-electron chi connectivity index (χ0n) is 9.96. The predicted octanol–water partition coefficient (Wildman–Crippen LogP) is 1.77. The fourth-order valence-corrected chi connectivity index (χ4v) is 1.95. The van der Waals surface area contributed by atoms with Crippen molar-refractivity contribution in [1.82, 2.24) is 9.55 Å². The minimum atomic E-state index is -0.377. The van der Waals surface area contributed by atoms with Gasteiger partial charge in [0.15, 0.2) is 0 Å². The number of aromatic nitrogens is 2. The summed E-state index contributed by atoms with van der Waals surface area (Å²) in [5, 5.41) is 9.81. The lowest BCUT2D eigenvalue weighted by Gasteiger charge is -2.12. The highest BCUT2D eigenvalue weighted by Crippen LogP contribution is 2.13. The van der Waals surface area contributed by atoms with E-state index in [0.717, 1.165) is 23.7 Å². The number of nitrogens with zero attached hydrogens (tertiary/aromatic N) is 2. The molecule has 18 heavy (non-hydrogen) atoms. The van der Waals surface area contributed by atoms with Gasteiger partial charge in [0.2, 0.25) is 0 Å². The van der Waals surface area contributed by atoms with Gasteiger partial charge < -0.3 is 15.4 Å². The smallest absolute Gasteiger partial charge is 0.0948 e. The number of nitrogens with two attached hydrogens (primary N) is 1. The zero-order chi connectivity index (χ0) is 13.0. The normalized spacial score (nSPS) is 12.6. The average Bonchev–Trinajstić information content (AvgIpc) is 2.85. The number of halogens is 1. The molecule has 1 unspecified atom stereocenters. The van der Waals surface area contributed by atoms with Crippen LogP contribution >= 0.6 is 11.6 Å².